The summed E-state index contributed by atoms with van der Waals surface area (Å²) in [5, 5.41) is 23.6. The summed E-state index contributed by atoms with van der Waals surface area (Å²) in [5.74, 6) is -1.89. The zero-order valence-corrected chi connectivity index (χ0v) is 25.6. The van der Waals surface area contributed by atoms with E-state index in [1.165, 1.54) is 21.1 Å². The van der Waals surface area contributed by atoms with E-state index in [-0.39, 0.29) is 30.8 Å². The number of aliphatic hydroxyl groups excluding tert-OH is 1. The van der Waals surface area contributed by atoms with Crippen molar-refractivity contribution >= 4 is 17.9 Å². The van der Waals surface area contributed by atoms with E-state index >= 15 is 0 Å². The van der Waals surface area contributed by atoms with Crippen LogP contribution in [-0.2, 0) is 52.3 Å². The molecule has 2 saturated carbocycles. The predicted molar refractivity (Wildman–Crippen MR) is 141 cm³/mol. The van der Waals surface area contributed by atoms with Crippen molar-refractivity contribution in [2.45, 2.75) is 120 Å². The number of epoxide rings is 1. The Morgan fingerprint density at radius 3 is 2.42 bits per heavy atom. The fourth-order valence-corrected chi connectivity index (χ4v) is 11.1. The van der Waals surface area contributed by atoms with E-state index in [4.69, 9.17) is 37.9 Å². The van der Waals surface area contributed by atoms with Crippen LogP contribution in [0.3, 0.4) is 0 Å². The van der Waals surface area contributed by atoms with Crippen LogP contribution >= 0.6 is 0 Å². The Labute approximate surface area is 249 Å². The number of ether oxygens (including phenoxy) is 8. The maximum atomic E-state index is 13.7. The SMILES string of the molecule is CO[C@H]1O[C@@H](OC)[C@@](O)([C@@H]2OC(=O)[C@H]3O[C@]34[C@@]3(C)[C@H](CC[C@@]24C)[C@@]24COC(=O)C[C@@H]2OC(C)(C)[C@@H]4C[C@H]3OC(C)=O)[C@@H]1O. The number of aliphatic hydroxyl groups is 2. The van der Waals surface area contributed by atoms with Crippen LogP contribution in [0.4, 0.5) is 0 Å². The first kappa shape index (κ1) is 29.8. The number of methoxy groups -OCH3 is 2. The highest BCUT2D eigenvalue weighted by molar-refractivity contribution is 5.82. The van der Waals surface area contributed by atoms with Crippen molar-refractivity contribution in [3.05, 3.63) is 0 Å². The van der Waals surface area contributed by atoms with E-state index in [0.717, 1.165) is 0 Å². The molecule has 14 atom stereocenters. The summed E-state index contributed by atoms with van der Waals surface area (Å²) in [4.78, 5) is 39.0. The second-order valence-electron chi connectivity index (χ2n) is 14.6. The highest BCUT2D eigenvalue weighted by atomic mass is 16.8. The lowest BCUT2D eigenvalue weighted by molar-refractivity contribution is -0.301. The number of carbonyl (C=O) groups excluding carboxylic acids is 3. The molecule has 0 aromatic rings. The molecule has 2 spiro atoms. The van der Waals surface area contributed by atoms with Gasteiger partial charge in [-0.05, 0) is 39.0 Å². The first-order valence-electron chi connectivity index (χ1n) is 15.1. The molecule has 0 amide bonds. The van der Waals surface area contributed by atoms with Crippen molar-refractivity contribution < 1.29 is 62.5 Å². The average molecular weight is 611 g/mol. The van der Waals surface area contributed by atoms with Crippen molar-refractivity contribution in [1.29, 1.82) is 0 Å². The third kappa shape index (κ3) is 3.24. The Kier molecular flexibility index (Phi) is 6.17. The van der Waals surface area contributed by atoms with Crippen LogP contribution in [0.15, 0.2) is 0 Å². The van der Waals surface area contributed by atoms with Gasteiger partial charge in [0.15, 0.2) is 24.3 Å². The molecule has 5 aliphatic heterocycles. The third-order valence-electron chi connectivity index (χ3n) is 12.6. The van der Waals surface area contributed by atoms with Crippen molar-refractivity contribution in [3.63, 3.8) is 0 Å². The Bertz CT molecular complexity index is 1250. The summed E-state index contributed by atoms with van der Waals surface area (Å²) in [7, 11) is 2.65. The number of esters is 3. The summed E-state index contributed by atoms with van der Waals surface area (Å²) < 4.78 is 47.5. The van der Waals surface area contributed by atoms with Crippen LogP contribution < -0.4 is 0 Å². The van der Waals surface area contributed by atoms with Gasteiger partial charge in [-0.2, -0.15) is 0 Å². The number of fused-ring (bicyclic) bond motifs is 1. The Balaban J connectivity index is 1.41. The zero-order chi connectivity index (χ0) is 31.1. The standard InChI is InChI=1S/C30H42O13/c1-13(31)39-16-10-15-25(2,3)42-17-11-18(32)38-12-28(15,17)14-8-9-26(4)23(29(35)19(33)22(36-6)41-24(29)37-7)40-21(34)20-30(26,43-20)27(14,16)5/h14-17,19-20,22-24,33,35H,8-12H2,1-7H3/t14-,15-,16+,17-,19+,20+,22-,23+,24+,26-,27-,28+,29-,30+/m0/s1. The highest BCUT2D eigenvalue weighted by Crippen LogP contribution is 2.80. The van der Waals surface area contributed by atoms with Gasteiger partial charge in [0.1, 0.15) is 30.5 Å². The molecule has 13 heteroatoms. The molecule has 7 aliphatic rings. The van der Waals surface area contributed by atoms with Crippen LogP contribution in [0.5, 0.6) is 0 Å². The minimum absolute atomic E-state index is 0.0984. The smallest absolute Gasteiger partial charge is 0.338 e. The van der Waals surface area contributed by atoms with E-state index in [0.29, 0.717) is 19.3 Å². The second kappa shape index (κ2) is 8.89. The average Bonchev–Trinajstić information content (AvgIpc) is 3.61. The largest absolute Gasteiger partial charge is 0.465 e. The van der Waals surface area contributed by atoms with E-state index < -0.39 is 88.1 Å². The summed E-state index contributed by atoms with van der Waals surface area (Å²) >= 11 is 0. The lowest BCUT2D eigenvalue weighted by Gasteiger charge is -2.68. The van der Waals surface area contributed by atoms with Gasteiger partial charge in [0.25, 0.3) is 0 Å². The molecule has 0 radical (unpaired) electrons. The van der Waals surface area contributed by atoms with Gasteiger partial charge in [-0.1, -0.05) is 13.8 Å². The van der Waals surface area contributed by atoms with Crippen LogP contribution in [0.2, 0.25) is 0 Å². The first-order valence-corrected chi connectivity index (χ1v) is 15.1. The predicted octanol–water partition coefficient (Wildman–Crippen LogP) is 0.602. The lowest BCUT2D eigenvalue weighted by Crippen LogP contribution is -2.78. The first-order chi connectivity index (χ1) is 20.1. The summed E-state index contributed by atoms with van der Waals surface area (Å²) in [6.45, 7) is 9.36. The van der Waals surface area contributed by atoms with Crippen molar-refractivity contribution in [2.24, 2.45) is 28.1 Å². The topological polar surface area (TPSA) is 169 Å². The van der Waals surface area contributed by atoms with Crippen LogP contribution in [0.25, 0.3) is 0 Å². The molecule has 0 aromatic carbocycles. The molecule has 13 nitrogen and oxygen atoms in total. The second-order valence-corrected chi connectivity index (χ2v) is 14.6. The van der Waals surface area contributed by atoms with Gasteiger partial charge in [-0.15, -0.1) is 0 Å². The molecule has 0 bridgehead atoms. The number of carbonyl (C=O) groups is 3. The summed E-state index contributed by atoms with van der Waals surface area (Å²) in [6.07, 6.45) is -6.32. The van der Waals surface area contributed by atoms with E-state index in [1.54, 1.807) is 0 Å². The highest BCUT2D eigenvalue weighted by Gasteiger charge is 2.91. The van der Waals surface area contributed by atoms with Gasteiger partial charge in [0, 0.05) is 43.3 Å². The van der Waals surface area contributed by atoms with Gasteiger partial charge >= 0.3 is 17.9 Å². The van der Waals surface area contributed by atoms with Crippen LogP contribution in [0, 0.1) is 28.1 Å². The number of hydrogen-bond donors (Lipinski definition) is 2. The minimum atomic E-state index is -2.22. The van der Waals surface area contributed by atoms with Gasteiger partial charge in [0.05, 0.1) is 18.1 Å². The monoisotopic (exact) mass is 610 g/mol. The van der Waals surface area contributed by atoms with Crippen molar-refractivity contribution in [2.75, 3.05) is 20.8 Å². The van der Waals surface area contributed by atoms with Crippen LogP contribution in [0.1, 0.15) is 60.3 Å². The normalized spacial score (nSPS) is 56.0. The van der Waals surface area contributed by atoms with Gasteiger partial charge in [-0.25, -0.2) is 4.79 Å². The van der Waals surface area contributed by atoms with E-state index in [1.807, 2.05) is 27.7 Å². The van der Waals surface area contributed by atoms with Gasteiger partial charge < -0.3 is 48.1 Å². The molecule has 5 saturated heterocycles. The molecule has 0 unspecified atom stereocenters. The molecule has 240 valence electrons. The molecule has 5 heterocycles. The van der Waals surface area contributed by atoms with E-state index in [9.17, 15) is 24.6 Å². The zero-order valence-electron chi connectivity index (χ0n) is 25.6. The Hall–Kier alpha value is -1.87. The van der Waals surface area contributed by atoms with Gasteiger partial charge in [-0.3, -0.25) is 9.59 Å². The van der Waals surface area contributed by atoms with Crippen molar-refractivity contribution in [1.82, 2.24) is 0 Å². The maximum absolute atomic E-state index is 13.7. The van der Waals surface area contributed by atoms with Crippen LogP contribution in [-0.4, -0.2) is 109 Å². The molecule has 43 heavy (non-hydrogen) atoms. The summed E-state index contributed by atoms with van der Waals surface area (Å²) in [6, 6.07) is 0. The molecule has 7 fully saturated rings. The third-order valence-corrected chi connectivity index (χ3v) is 12.6. The molecule has 2 aliphatic carbocycles. The number of cyclic esters (lactones) is 2. The lowest BCUT2D eigenvalue weighted by atomic mass is 9.36. The minimum Gasteiger partial charge on any atom is -0.465 e. The fourth-order valence-electron chi connectivity index (χ4n) is 11.1. The molecule has 7 rings (SSSR count). The van der Waals surface area contributed by atoms with Crippen molar-refractivity contribution in [3.8, 4) is 0 Å². The molecular formula is C30H42O13. The Morgan fingerprint density at radius 2 is 1.77 bits per heavy atom. The maximum Gasteiger partial charge on any atom is 0.338 e. The number of hydrogen-bond acceptors (Lipinski definition) is 13. The molecular weight excluding hydrogens is 568 g/mol. The quantitative estimate of drug-likeness (QED) is 0.258. The van der Waals surface area contributed by atoms with E-state index in [2.05, 4.69) is 0 Å². The van der Waals surface area contributed by atoms with Gasteiger partial charge in [0.2, 0.25) is 0 Å². The fraction of sp³-hybridized carbons (Fsp3) is 0.900. The molecule has 2 N–H and O–H groups in total. The number of rotatable bonds is 4. The molecule has 0 aromatic heterocycles. The Morgan fingerprint density at radius 1 is 1.05 bits per heavy atom. The summed E-state index contributed by atoms with van der Waals surface area (Å²) in [5.41, 5.74) is -6.89.